The lowest BCUT2D eigenvalue weighted by atomic mass is 10.1. The molecule has 0 bridgehead atoms. The SMILES string of the molecule is C/C(=N\S)c1cc(Br)c(F)cc1F.CC(C)C. The summed E-state index contributed by atoms with van der Waals surface area (Å²) >= 11 is 6.60. The maximum atomic E-state index is 13.1. The summed E-state index contributed by atoms with van der Waals surface area (Å²) in [4.78, 5) is 0. The molecule has 0 amide bonds. The van der Waals surface area contributed by atoms with Crippen molar-refractivity contribution in [2.75, 3.05) is 0 Å². The predicted octanol–water partition coefficient (Wildman–Crippen LogP) is 5.04. The van der Waals surface area contributed by atoms with Gasteiger partial charge in [0.2, 0.25) is 0 Å². The highest BCUT2D eigenvalue weighted by Gasteiger charge is 2.09. The second-order valence-electron chi connectivity index (χ2n) is 4.16. The normalized spacial score (nSPS) is 11.2. The van der Waals surface area contributed by atoms with Gasteiger partial charge in [-0.15, -0.1) is 0 Å². The van der Waals surface area contributed by atoms with E-state index < -0.39 is 11.6 Å². The van der Waals surface area contributed by atoms with Crippen molar-refractivity contribution in [3.05, 3.63) is 33.8 Å². The molecule has 5 heteroatoms. The molecule has 0 saturated carbocycles. The zero-order chi connectivity index (χ0) is 13.6. The van der Waals surface area contributed by atoms with Gasteiger partial charge in [0.1, 0.15) is 11.6 Å². The number of thiol groups is 1. The first-order valence-electron chi connectivity index (χ1n) is 5.13. The topological polar surface area (TPSA) is 12.4 Å². The van der Waals surface area contributed by atoms with Crippen molar-refractivity contribution in [3.8, 4) is 0 Å². The molecule has 0 atom stereocenters. The summed E-state index contributed by atoms with van der Waals surface area (Å²) in [6.07, 6.45) is 0. The minimum Gasteiger partial charge on any atom is -0.224 e. The lowest BCUT2D eigenvalue weighted by molar-refractivity contribution is 0.577. The molecule has 0 radical (unpaired) electrons. The summed E-state index contributed by atoms with van der Waals surface area (Å²) < 4.78 is 29.6. The standard InChI is InChI=1S/C8H6BrF2NS.C4H10/c1-4(12-13)5-2-6(9)8(11)3-7(5)10;1-4(2)3/h2-3,13H,1H3;4H,1-3H3/b12-4+;. The molecule has 0 N–H and O–H groups in total. The Kier molecular flexibility index (Phi) is 7.63. The molecule has 96 valence electrons. The van der Waals surface area contributed by atoms with Crippen molar-refractivity contribution in [3.63, 3.8) is 0 Å². The Labute approximate surface area is 115 Å². The Hall–Kier alpha value is -0.420. The largest absolute Gasteiger partial charge is 0.224 e. The zero-order valence-corrected chi connectivity index (χ0v) is 12.7. The lowest BCUT2D eigenvalue weighted by Crippen LogP contribution is -1.99. The quantitative estimate of drug-likeness (QED) is 0.422. The van der Waals surface area contributed by atoms with Gasteiger partial charge >= 0.3 is 0 Å². The predicted molar refractivity (Wildman–Crippen MR) is 75.8 cm³/mol. The molecular weight excluding hydrogens is 308 g/mol. The summed E-state index contributed by atoms with van der Waals surface area (Å²) in [5.74, 6) is -0.441. The molecule has 0 saturated heterocycles. The van der Waals surface area contributed by atoms with Crippen LogP contribution in [0.3, 0.4) is 0 Å². The van der Waals surface area contributed by atoms with E-state index in [9.17, 15) is 8.78 Å². The van der Waals surface area contributed by atoms with Crippen LogP contribution in [-0.4, -0.2) is 5.71 Å². The second kappa shape index (κ2) is 7.82. The molecule has 0 aliphatic rings. The van der Waals surface area contributed by atoms with Crippen molar-refractivity contribution in [2.24, 2.45) is 10.3 Å². The van der Waals surface area contributed by atoms with Gasteiger partial charge in [0.15, 0.2) is 0 Å². The average Bonchev–Trinajstić information content (AvgIpc) is 2.21. The van der Waals surface area contributed by atoms with Gasteiger partial charge < -0.3 is 0 Å². The molecule has 1 nitrogen and oxygen atoms in total. The molecule has 17 heavy (non-hydrogen) atoms. The van der Waals surface area contributed by atoms with E-state index in [0.717, 1.165) is 12.0 Å². The summed E-state index contributed by atoms with van der Waals surface area (Å²) in [5.41, 5.74) is 0.643. The second-order valence-corrected chi connectivity index (χ2v) is 5.22. The van der Waals surface area contributed by atoms with Gasteiger partial charge in [-0.2, -0.15) is 0 Å². The summed E-state index contributed by atoms with van der Waals surface area (Å²) in [5, 5.41) is 0. The number of hydrogen-bond donors (Lipinski definition) is 1. The van der Waals surface area contributed by atoms with E-state index in [4.69, 9.17) is 0 Å². The van der Waals surface area contributed by atoms with Gasteiger partial charge in [-0.25, -0.2) is 13.2 Å². The molecule has 0 fully saturated rings. The van der Waals surface area contributed by atoms with Crippen molar-refractivity contribution < 1.29 is 8.78 Å². The maximum Gasteiger partial charge on any atom is 0.140 e. The first-order chi connectivity index (χ1) is 7.79. The minimum atomic E-state index is -0.643. The highest BCUT2D eigenvalue weighted by atomic mass is 79.9. The molecule has 1 aromatic carbocycles. The van der Waals surface area contributed by atoms with E-state index in [2.05, 4.69) is 53.9 Å². The average molecular weight is 324 g/mol. The fraction of sp³-hybridized carbons (Fsp3) is 0.417. The lowest BCUT2D eigenvalue weighted by Gasteiger charge is -2.02. The Morgan fingerprint density at radius 1 is 1.24 bits per heavy atom. The Morgan fingerprint density at radius 2 is 1.71 bits per heavy atom. The smallest absolute Gasteiger partial charge is 0.140 e. The third kappa shape index (κ3) is 6.17. The fourth-order valence-electron chi connectivity index (χ4n) is 0.854. The summed E-state index contributed by atoms with van der Waals surface area (Å²) in [7, 11) is 0. The Bertz CT molecular complexity index is 403. The number of nitrogens with zero attached hydrogens (tertiary/aromatic N) is 1. The highest BCUT2D eigenvalue weighted by Crippen LogP contribution is 2.20. The van der Waals surface area contributed by atoms with Crippen LogP contribution >= 0.6 is 28.7 Å². The van der Waals surface area contributed by atoms with Crippen LogP contribution in [0, 0.1) is 17.6 Å². The van der Waals surface area contributed by atoms with E-state index >= 15 is 0 Å². The van der Waals surface area contributed by atoms with E-state index in [1.54, 1.807) is 6.92 Å². The van der Waals surface area contributed by atoms with E-state index in [-0.39, 0.29) is 10.0 Å². The number of halogens is 3. The van der Waals surface area contributed by atoms with Crippen LogP contribution < -0.4 is 0 Å². The first kappa shape index (κ1) is 16.6. The monoisotopic (exact) mass is 323 g/mol. The van der Waals surface area contributed by atoms with Crippen molar-refractivity contribution in [2.45, 2.75) is 27.7 Å². The molecule has 0 aromatic heterocycles. The van der Waals surface area contributed by atoms with Gasteiger partial charge in [-0.05, 0) is 47.7 Å². The number of benzene rings is 1. The highest BCUT2D eigenvalue weighted by molar-refractivity contribution is 9.10. The van der Waals surface area contributed by atoms with Crippen LogP contribution in [0.5, 0.6) is 0 Å². The molecule has 1 aromatic rings. The van der Waals surface area contributed by atoms with Crippen molar-refractivity contribution >= 4 is 34.5 Å². The van der Waals surface area contributed by atoms with Crippen LogP contribution in [0.2, 0.25) is 0 Å². The summed E-state index contributed by atoms with van der Waals surface area (Å²) in [6, 6.07) is 2.14. The van der Waals surface area contributed by atoms with Crippen molar-refractivity contribution in [1.29, 1.82) is 0 Å². The van der Waals surface area contributed by atoms with E-state index in [1.807, 2.05) is 0 Å². The third-order valence-electron chi connectivity index (χ3n) is 1.55. The van der Waals surface area contributed by atoms with Gasteiger partial charge in [-0.1, -0.05) is 20.8 Å². The van der Waals surface area contributed by atoms with Gasteiger partial charge in [-0.3, -0.25) is 0 Å². The molecule has 0 unspecified atom stereocenters. The van der Waals surface area contributed by atoms with E-state index in [0.29, 0.717) is 5.71 Å². The van der Waals surface area contributed by atoms with E-state index in [1.165, 1.54) is 6.07 Å². The summed E-state index contributed by atoms with van der Waals surface area (Å²) in [6.45, 7) is 8.09. The van der Waals surface area contributed by atoms with Crippen LogP contribution in [-0.2, 0) is 0 Å². The molecular formula is C12H16BrF2NS. The molecule has 0 aliphatic carbocycles. The fourth-order valence-corrected chi connectivity index (χ4v) is 1.30. The van der Waals surface area contributed by atoms with Crippen molar-refractivity contribution in [1.82, 2.24) is 0 Å². The van der Waals surface area contributed by atoms with Gasteiger partial charge in [0.25, 0.3) is 0 Å². The van der Waals surface area contributed by atoms with Crippen LogP contribution in [0.1, 0.15) is 33.3 Å². The number of hydrogen-bond acceptors (Lipinski definition) is 2. The maximum absolute atomic E-state index is 13.1. The van der Waals surface area contributed by atoms with Crippen LogP contribution in [0.15, 0.2) is 21.0 Å². The Balaban J connectivity index is 0.000000557. The molecule has 0 aliphatic heterocycles. The molecule has 1 rings (SSSR count). The van der Waals surface area contributed by atoms with Crippen LogP contribution in [0.4, 0.5) is 8.78 Å². The minimum absolute atomic E-state index is 0.209. The molecule has 0 heterocycles. The first-order valence-corrected chi connectivity index (χ1v) is 6.32. The number of rotatable bonds is 1. The van der Waals surface area contributed by atoms with Gasteiger partial charge in [0.05, 0.1) is 10.2 Å². The van der Waals surface area contributed by atoms with Gasteiger partial charge in [0, 0.05) is 11.6 Å². The Morgan fingerprint density at radius 3 is 2.12 bits per heavy atom. The molecule has 0 spiro atoms. The zero-order valence-electron chi connectivity index (χ0n) is 10.3. The van der Waals surface area contributed by atoms with Crippen LogP contribution in [0.25, 0.3) is 0 Å². The third-order valence-corrected chi connectivity index (χ3v) is 2.46.